The fourth-order valence-electron chi connectivity index (χ4n) is 1.90. The number of aromatic nitrogens is 1. The quantitative estimate of drug-likeness (QED) is 0.738. The smallest absolute Gasteiger partial charge is 0.387 e. The van der Waals surface area contributed by atoms with Crippen LogP contribution in [-0.2, 0) is 0 Å². The number of halogens is 2. The standard InChI is InChI=1S/C14H10F2N2OS/c15-14(16)19-11-4-2-1-3-9(11)13-18-10-6-5-8(17)7-12(10)20-13/h1-7,14H,17H2. The van der Waals surface area contributed by atoms with Crippen LogP contribution in [0.3, 0.4) is 0 Å². The summed E-state index contributed by atoms with van der Waals surface area (Å²) >= 11 is 1.39. The van der Waals surface area contributed by atoms with Crippen LogP contribution in [0, 0.1) is 0 Å². The second-order valence-corrected chi connectivity index (χ2v) is 5.15. The number of nitrogens with two attached hydrogens (primary N) is 1. The fraction of sp³-hybridized carbons (Fsp3) is 0.0714. The average Bonchev–Trinajstić information content (AvgIpc) is 2.81. The highest BCUT2D eigenvalue weighted by atomic mass is 32.1. The van der Waals surface area contributed by atoms with Crippen molar-refractivity contribution >= 4 is 27.2 Å². The molecule has 102 valence electrons. The van der Waals surface area contributed by atoms with E-state index in [9.17, 15) is 8.78 Å². The summed E-state index contributed by atoms with van der Waals surface area (Å²) in [6.45, 7) is -2.86. The summed E-state index contributed by atoms with van der Waals surface area (Å²) in [6.07, 6.45) is 0. The molecule has 0 atom stereocenters. The van der Waals surface area contributed by atoms with E-state index in [1.807, 2.05) is 6.07 Å². The topological polar surface area (TPSA) is 48.1 Å². The molecule has 2 N–H and O–H groups in total. The molecule has 0 amide bonds. The molecule has 3 rings (SSSR count). The van der Waals surface area contributed by atoms with E-state index in [2.05, 4.69) is 9.72 Å². The van der Waals surface area contributed by atoms with E-state index in [0.29, 0.717) is 16.3 Å². The van der Waals surface area contributed by atoms with Gasteiger partial charge in [-0.15, -0.1) is 11.3 Å². The van der Waals surface area contributed by atoms with Crippen LogP contribution in [0.25, 0.3) is 20.8 Å². The van der Waals surface area contributed by atoms with Gasteiger partial charge in [0.2, 0.25) is 0 Å². The number of nitrogen functional groups attached to an aromatic ring is 1. The van der Waals surface area contributed by atoms with Crippen LogP contribution < -0.4 is 10.5 Å². The largest absolute Gasteiger partial charge is 0.434 e. The third-order valence-corrected chi connectivity index (χ3v) is 3.80. The summed E-state index contributed by atoms with van der Waals surface area (Å²) < 4.78 is 30.3. The summed E-state index contributed by atoms with van der Waals surface area (Å²) in [7, 11) is 0. The molecule has 0 unspecified atom stereocenters. The number of anilines is 1. The Morgan fingerprint density at radius 2 is 1.95 bits per heavy atom. The second kappa shape index (κ2) is 5.05. The Hall–Kier alpha value is -2.21. The van der Waals surface area contributed by atoms with E-state index in [1.54, 1.807) is 30.3 Å². The highest BCUT2D eigenvalue weighted by Crippen LogP contribution is 2.36. The lowest BCUT2D eigenvalue weighted by Gasteiger charge is -2.07. The average molecular weight is 292 g/mol. The van der Waals surface area contributed by atoms with E-state index < -0.39 is 6.61 Å². The minimum atomic E-state index is -2.86. The van der Waals surface area contributed by atoms with Gasteiger partial charge in [0, 0.05) is 5.69 Å². The van der Waals surface area contributed by atoms with Crippen molar-refractivity contribution in [2.45, 2.75) is 6.61 Å². The Morgan fingerprint density at radius 3 is 2.75 bits per heavy atom. The number of ether oxygens (including phenoxy) is 1. The van der Waals surface area contributed by atoms with E-state index in [4.69, 9.17) is 5.73 Å². The lowest BCUT2D eigenvalue weighted by atomic mass is 10.2. The van der Waals surface area contributed by atoms with Crippen LogP contribution in [0.1, 0.15) is 0 Å². The third kappa shape index (κ3) is 2.42. The zero-order chi connectivity index (χ0) is 14.1. The van der Waals surface area contributed by atoms with Gasteiger partial charge in [0.05, 0.1) is 15.8 Å². The molecular formula is C14H10F2N2OS. The van der Waals surface area contributed by atoms with Gasteiger partial charge in [-0.25, -0.2) is 4.98 Å². The van der Waals surface area contributed by atoms with Crippen molar-refractivity contribution in [2.75, 3.05) is 5.73 Å². The molecule has 0 fully saturated rings. The van der Waals surface area contributed by atoms with Crippen LogP contribution in [-0.4, -0.2) is 11.6 Å². The van der Waals surface area contributed by atoms with Crippen molar-refractivity contribution in [1.82, 2.24) is 4.98 Å². The van der Waals surface area contributed by atoms with Gasteiger partial charge in [-0.1, -0.05) is 12.1 Å². The minimum Gasteiger partial charge on any atom is -0.434 e. The monoisotopic (exact) mass is 292 g/mol. The number of hydrogen-bond acceptors (Lipinski definition) is 4. The second-order valence-electron chi connectivity index (χ2n) is 4.12. The van der Waals surface area contributed by atoms with E-state index in [1.165, 1.54) is 17.4 Å². The number of nitrogens with zero attached hydrogens (tertiary/aromatic N) is 1. The predicted molar refractivity (Wildman–Crippen MR) is 76.1 cm³/mol. The number of thiazole rings is 1. The van der Waals surface area contributed by atoms with Crippen molar-refractivity contribution in [1.29, 1.82) is 0 Å². The molecule has 20 heavy (non-hydrogen) atoms. The maximum absolute atomic E-state index is 12.4. The van der Waals surface area contributed by atoms with Crippen LogP contribution >= 0.6 is 11.3 Å². The summed E-state index contributed by atoms with van der Waals surface area (Å²) in [6, 6.07) is 12.0. The Morgan fingerprint density at radius 1 is 1.15 bits per heavy atom. The van der Waals surface area contributed by atoms with Gasteiger partial charge in [-0.3, -0.25) is 0 Å². The molecule has 0 saturated carbocycles. The minimum absolute atomic E-state index is 0.120. The Kier molecular flexibility index (Phi) is 3.23. The van der Waals surface area contributed by atoms with Crippen LogP contribution in [0.4, 0.5) is 14.5 Å². The third-order valence-electron chi connectivity index (χ3n) is 2.75. The lowest BCUT2D eigenvalue weighted by Crippen LogP contribution is -2.02. The van der Waals surface area contributed by atoms with Crippen LogP contribution in [0.5, 0.6) is 5.75 Å². The predicted octanol–water partition coefficient (Wildman–Crippen LogP) is 4.15. The number of hydrogen-bond donors (Lipinski definition) is 1. The van der Waals surface area contributed by atoms with Gasteiger partial charge in [0.15, 0.2) is 0 Å². The highest BCUT2D eigenvalue weighted by Gasteiger charge is 2.14. The maximum Gasteiger partial charge on any atom is 0.387 e. The lowest BCUT2D eigenvalue weighted by molar-refractivity contribution is -0.0494. The molecule has 1 aromatic heterocycles. The molecule has 0 saturated heterocycles. The first kappa shape index (κ1) is 12.8. The fourth-order valence-corrected chi connectivity index (χ4v) is 2.94. The van der Waals surface area contributed by atoms with Gasteiger partial charge >= 0.3 is 6.61 Å². The number of alkyl halides is 2. The zero-order valence-corrected chi connectivity index (χ0v) is 11.0. The number of para-hydroxylation sites is 1. The van der Waals surface area contributed by atoms with Gasteiger partial charge in [0.25, 0.3) is 0 Å². The Bertz CT molecular complexity index is 758. The highest BCUT2D eigenvalue weighted by molar-refractivity contribution is 7.21. The molecule has 0 aliphatic heterocycles. The molecule has 6 heteroatoms. The first-order chi connectivity index (χ1) is 9.63. The molecule has 0 bridgehead atoms. The number of rotatable bonds is 3. The molecule has 0 radical (unpaired) electrons. The van der Waals surface area contributed by atoms with Crippen molar-refractivity contribution in [3.8, 4) is 16.3 Å². The van der Waals surface area contributed by atoms with Crippen molar-refractivity contribution < 1.29 is 13.5 Å². The van der Waals surface area contributed by atoms with E-state index >= 15 is 0 Å². The summed E-state index contributed by atoms with van der Waals surface area (Å²) in [4.78, 5) is 4.43. The molecule has 1 heterocycles. The van der Waals surface area contributed by atoms with Crippen LogP contribution in [0.15, 0.2) is 42.5 Å². The van der Waals surface area contributed by atoms with E-state index in [-0.39, 0.29) is 5.75 Å². The van der Waals surface area contributed by atoms with Crippen molar-refractivity contribution in [3.05, 3.63) is 42.5 Å². The van der Waals surface area contributed by atoms with Crippen LogP contribution in [0.2, 0.25) is 0 Å². The number of fused-ring (bicyclic) bond motifs is 1. The van der Waals surface area contributed by atoms with Gasteiger partial charge in [-0.05, 0) is 30.3 Å². The summed E-state index contributed by atoms with van der Waals surface area (Å²) in [5.74, 6) is 0.120. The molecule has 0 spiro atoms. The molecule has 3 aromatic rings. The van der Waals surface area contributed by atoms with Gasteiger partial charge < -0.3 is 10.5 Å². The first-order valence-corrected chi connectivity index (χ1v) is 6.65. The summed E-state index contributed by atoms with van der Waals surface area (Å²) in [5, 5.41) is 0.627. The first-order valence-electron chi connectivity index (χ1n) is 5.84. The molecule has 3 nitrogen and oxygen atoms in total. The molecular weight excluding hydrogens is 282 g/mol. The maximum atomic E-state index is 12.4. The van der Waals surface area contributed by atoms with Crippen molar-refractivity contribution in [2.24, 2.45) is 0 Å². The van der Waals surface area contributed by atoms with Gasteiger partial charge in [-0.2, -0.15) is 8.78 Å². The van der Waals surface area contributed by atoms with E-state index in [0.717, 1.165) is 10.2 Å². The Balaban J connectivity index is 2.10. The summed E-state index contributed by atoms with van der Waals surface area (Å²) in [5.41, 5.74) is 7.70. The molecule has 0 aliphatic carbocycles. The molecule has 0 aliphatic rings. The Labute approximate surface area is 117 Å². The molecule has 2 aromatic carbocycles. The zero-order valence-electron chi connectivity index (χ0n) is 10.2. The SMILES string of the molecule is Nc1ccc2nc(-c3ccccc3OC(F)F)sc2c1. The number of benzene rings is 2. The van der Waals surface area contributed by atoms with Gasteiger partial charge in [0.1, 0.15) is 10.8 Å². The van der Waals surface area contributed by atoms with Crippen molar-refractivity contribution in [3.63, 3.8) is 0 Å². The normalized spacial score (nSPS) is 11.2.